The Morgan fingerprint density at radius 1 is 1.11 bits per heavy atom. The van der Waals surface area contributed by atoms with Crippen LogP contribution >= 0.6 is 0 Å². The Morgan fingerprint density at radius 3 is 2.48 bits per heavy atom. The largest absolute Gasteiger partial charge is 0.325 e. The normalized spacial score (nSPS) is 16.3. The van der Waals surface area contributed by atoms with Crippen molar-refractivity contribution in [3.8, 4) is 6.07 Å². The number of aryl methyl sites for hydroxylation is 2. The second-order valence-electron chi connectivity index (χ2n) is 6.59. The number of nitriles is 1. The summed E-state index contributed by atoms with van der Waals surface area (Å²) in [7, 11) is 0. The second-order valence-corrected chi connectivity index (χ2v) is 6.59. The third kappa shape index (κ3) is 3.60. The van der Waals surface area contributed by atoms with Crippen molar-refractivity contribution in [1.82, 2.24) is 14.8 Å². The molecular weight excluding hydrogens is 344 g/mol. The predicted molar refractivity (Wildman–Crippen MR) is 99.1 cm³/mol. The lowest BCUT2D eigenvalue weighted by atomic mass is 10.1. The molecule has 0 spiro atoms. The van der Waals surface area contributed by atoms with Gasteiger partial charge in [0.1, 0.15) is 17.7 Å². The molecule has 0 radical (unpaired) electrons. The van der Waals surface area contributed by atoms with Crippen molar-refractivity contribution >= 4 is 11.9 Å². The lowest BCUT2D eigenvalue weighted by Gasteiger charge is -2.16. The standard InChI is InChI=1S/C20H20N4O3/c1-13-10-14(2)23(18(25)16(13)12-21)8-9-24-19(26)17(22-20(24)27)11-15-6-4-3-5-7-15/h3-7,10,17H,8-9,11H2,1-2H3,(H,22,27)/t17-/m0/s1. The smallest absolute Gasteiger partial charge is 0.324 e. The number of nitrogens with zero attached hydrogens (tertiary/aromatic N) is 3. The molecule has 1 N–H and O–H groups in total. The van der Waals surface area contributed by atoms with Crippen LogP contribution in [0.2, 0.25) is 0 Å². The first kappa shape index (κ1) is 18.4. The average Bonchev–Trinajstić information content (AvgIpc) is 2.89. The maximum Gasteiger partial charge on any atom is 0.324 e. The minimum Gasteiger partial charge on any atom is -0.325 e. The van der Waals surface area contributed by atoms with Crippen LogP contribution in [0.5, 0.6) is 0 Å². The maximum absolute atomic E-state index is 12.6. The molecule has 1 aliphatic heterocycles. The van der Waals surface area contributed by atoms with Gasteiger partial charge in [-0.05, 0) is 31.0 Å². The van der Waals surface area contributed by atoms with Crippen molar-refractivity contribution in [1.29, 1.82) is 5.26 Å². The number of nitrogens with one attached hydrogen (secondary N) is 1. The molecule has 27 heavy (non-hydrogen) atoms. The highest BCUT2D eigenvalue weighted by Gasteiger charge is 2.37. The third-order valence-electron chi connectivity index (χ3n) is 4.75. The summed E-state index contributed by atoms with van der Waals surface area (Å²) in [5.41, 5.74) is 1.95. The molecule has 0 aliphatic carbocycles. The van der Waals surface area contributed by atoms with Gasteiger partial charge in [-0.2, -0.15) is 5.26 Å². The van der Waals surface area contributed by atoms with Gasteiger partial charge in [0.15, 0.2) is 0 Å². The maximum atomic E-state index is 12.6. The Bertz CT molecular complexity index is 989. The zero-order valence-electron chi connectivity index (χ0n) is 15.2. The van der Waals surface area contributed by atoms with Crippen molar-refractivity contribution in [2.45, 2.75) is 32.9 Å². The van der Waals surface area contributed by atoms with Gasteiger partial charge in [-0.1, -0.05) is 30.3 Å². The van der Waals surface area contributed by atoms with E-state index in [-0.39, 0.29) is 24.6 Å². The molecule has 2 aromatic rings. The van der Waals surface area contributed by atoms with Gasteiger partial charge in [0.25, 0.3) is 11.5 Å². The van der Waals surface area contributed by atoms with Gasteiger partial charge < -0.3 is 9.88 Å². The van der Waals surface area contributed by atoms with Crippen molar-refractivity contribution in [2.24, 2.45) is 0 Å². The number of amides is 3. The van der Waals surface area contributed by atoms with Crippen LogP contribution in [-0.4, -0.2) is 34.0 Å². The topological polar surface area (TPSA) is 95.2 Å². The molecule has 138 valence electrons. The van der Waals surface area contributed by atoms with Crippen LogP contribution < -0.4 is 10.9 Å². The van der Waals surface area contributed by atoms with E-state index in [4.69, 9.17) is 5.26 Å². The molecule has 0 bridgehead atoms. The van der Waals surface area contributed by atoms with Crippen molar-refractivity contribution in [2.75, 3.05) is 6.54 Å². The highest BCUT2D eigenvalue weighted by molar-refractivity contribution is 6.04. The SMILES string of the molecule is Cc1cc(C)n(CCN2C(=O)N[C@@H](Cc3ccccc3)C2=O)c(=O)c1C#N. The number of carbonyl (C=O) groups excluding carboxylic acids is 2. The van der Waals surface area contributed by atoms with Gasteiger partial charge in [0, 0.05) is 25.2 Å². The van der Waals surface area contributed by atoms with Gasteiger partial charge in [-0.15, -0.1) is 0 Å². The molecule has 1 saturated heterocycles. The van der Waals surface area contributed by atoms with E-state index in [1.165, 1.54) is 4.57 Å². The first-order valence-electron chi connectivity index (χ1n) is 8.69. The van der Waals surface area contributed by atoms with Crippen LogP contribution in [0.3, 0.4) is 0 Å². The molecule has 1 fully saturated rings. The Hall–Kier alpha value is -3.40. The van der Waals surface area contributed by atoms with Gasteiger partial charge >= 0.3 is 6.03 Å². The molecule has 1 aliphatic rings. The predicted octanol–water partition coefficient (Wildman–Crippen LogP) is 1.50. The van der Waals surface area contributed by atoms with Crippen LogP contribution in [0.1, 0.15) is 22.4 Å². The van der Waals surface area contributed by atoms with E-state index in [1.54, 1.807) is 19.9 Å². The Balaban J connectivity index is 1.74. The molecule has 1 aromatic heterocycles. The highest BCUT2D eigenvalue weighted by Crippen LogP contribution is 2.13. The molecule has 0 unspecified atom stereocenters. The lowest BCUT2D eigenvalue weighted by Crippen LogP contribution is -2.37. The molecule has 3 amide bonds. The minimum absolute atomic E-state index is 0.0740. The molecular formula is C20H20N4O3. The number of urea groups is 1. The van der Waals surface area contributed by atoms with E-state index in [1.807, 2.05) is 36.4 Å². The second kappa shape index (κ2) is 7.46. The summed E-state index contributed by atoms with van der Waals surface area (Å²) in [4.78, 5) is 38.4. The van der Waals surface area contributed by atoms with Gasteiger partial charge in [-0.25, -0.2) is 4.79 Å². The Kier molecular flexibility index (Phi) is 5.08. The monoisotopic (exact) mass is 364 g/mol. The number of carbonyl (C=O) groups is 2. The Labute approximate surface area is 156 Å². The van der Waals surface area contributed by atoms with E-state index < -0.39 is 17.6 Å². The summed E-state index contributed by atoms with van der Waals surface area (Å²) >= 11 is 0. The zero-order chi connectivity index (χ0) is 19.6. The fourth-order valence-electron chi connectivity index (χ4n) is 3.32. The number of rotatable bonds is 5. The summed E-state index contributed by atoms with van der Waals surface area (Å²) in [6.07, 6.45) is 0.421. The van der Waals surface area contributed by atoms with E-state index in [9.17, 15) is 14.4 Å². The molecule has 1 atom stereocenters. The van der Waals surface area contributed by atoms with Crippen molar-refractivity contribution < 1.29 is 9.59 Å². The van der Waals surface area contributed by atoms with Crippen LogP contribution in [0.15, 0.2) is 41.2 Å². The summed E-state index contributed by atoms with van der Waals surface area (Å²) in [6, 6.07) is 12.1. The molecule has 3 rings (SSSR count). The number of benzene rings is 1. The molecule has 0 saturated carbocycles. The number of hydrogen-bond acceptors (Lipinski definition) is 4. The summed E-state index contributed by atoms with van der Waals surface area (Å²) in [6.45, 7) is 3.70. The highest BCUT2D eigenvalue weighted by atomic mass is 16.2. The molecule has 1 aromatic carbocycles. The van der Waals surface area contributed by atoms with Gasteiger partial charge in [0.2, 0.25) is 0 Å². The lowest BCUT2D eigenvalue weighted by molar-refractivity contribution is -0.127. The molecule has 2 heterocycles. The van der Waals surface area contributed by atoms with Crippen LogP contribution in [0.25, 0.3) is 0 Å². The van der Waals surface area contributed by atoms with Crippen LogP contribution in [0, 0.1) is 25.2 Å². The first-order chi connectivity index (χ1) is 12.9. The van der Waals surface area contributed by atoms with Gasteiger partial charge in [-0.3, -0.25) is 14.5 Å². The first-order valence-corrected chi connectivity index (χ1v) is 8.69. The van der Waals surface area contributed by atoms with Crippen molar-refractivity contribution in [3.63, 3.8) is 0 Å². The molecule has 7 heteroatoms. The minimum atomic E-state index is -0.606. The van der Waals surface area contributed by atoms with Crippen molar-refractivity contribution in [3.05, 3.63) is 69.1 Å². The number of pyridine rings is 1. The van der Waals surface area contributed by atoms with E-state index >= 15 is 0 Å². The van der Waals surface area contributed by atoms with E-state index in [0.29, 0.717) is 17.7 Å². The third-order valence-corrected chi connectivity index (χ3v) is 4.75. The van der Waals surface area contributed by atoms with E-state index in [2.05, 4.69) is 5.32 Å². The van der Waals surface area contributed by atoms with Crippen LogP contribution in [-0.2, 0) is 17.8 Å². The van der Waals surface area contributed by atoms with E-state index in [0.717, 1.165) is 10.5 Å². The number of imide groups is 1. The average molecular weight is 364 g/mol. The van der Waals surface area contributed by atoms with Gasteiger partial charge in [0.05, 0.1) is 0 Å². The fourth-order valence-corrected chi connectivity index (χ4v) is 3.32. The molecule has 7 nitrogen and oxygen atoms in total. The summed E-state index contributed by atoms with van der Waals surface area (Å²) < 4.78 is 1.43. The number of hydrogen-bond donors (Lipinski definition) is 1. The number of aromatic nitrogens is 1. The fraction of sp³-hybridized carbons (Fsp3) is 0.300. The zero-order valence-corrected chi connectivity index (χ0v) is 15.2. The summed E-state index contributed by atoms with van der Waals surface area (Å²) in [5.74, 6) is -0.304. The van der Waals surface area contributed by atoms with Crippen LogP contribution in [0.4, 0.5) is 4.79 Å². The Morgan fingerprint density at radius 2 is 1.81 bits per heavy atom. The summed E-state index contributed by atoms with van der Waals surface area (Å²) in [5, 5.41) is 11.9. The quantitative estimate of drug-likeness (QED) is 0.814.